The SMILES string of the molecule is c1cc(NC2CCSCC2)cc(-c2ccn[nH]2)c1. The van der Waals surface area contributed by atoms with Crippen molar-refractivity contribution < 1.29 is 0 Å². The first-order valence-corrected chi connectivity index (χ1v) is 7.51. The molecule has 1 aromatic carbocycles. The van der Waals surface area contributed by atoms with Crippen LogP contribution in [0, 0.1) is 0 Å². The summed E-state index contributed by atoms with van der Waals surface area (Å²) in [4.78, 5) is 0. The second-order valence-corrected chi connectivity index (χ2v) is 5.81. The van der Waals surface area contributed by atoms with Gasteiger partial charge in [0.25, 0.3) is 0 Å². The monoisotopic (exact) mass is 259 g/mol. The Kier molecular flexibility index (Phi) is 3.55. The zero-order valence-corrected chi connectivity index (χ0v) is 11.0. The third-order valence-corrected chi connectivity index (χ3v) is 4.32. The fraction of sp³-hybridized carbons (Fsp3) is 0.357. The number of thioether (sulfide) groups is 1. The number of aromatic amines is 1. The summed E-state index contributed by atoms with van der Waals surface area (Å²) < 4.78 is 0. The summed E-state index contributed by atoms with van der Waals surface area (Å²) in [6.07, 6.45) is 4.31. The fourth-order valence-corrected chi connectivity index (χ4v) is 3.38. The maximum Gasteiger partial charge on any atom is 0.0650 e. The second-order valence-electron chi connectivity index (χ2n) is 4.58. The minimum atomic E-state index is 0.628. The molecule has 0 aliphatic carbocycles. The predicted molar refractivity (Wildman–Crippen MR) is 78.0 cm³/mol. The highest BCUT2D eigenvalue weighted by Crippen LogP contribution is 2.24. The Labute approximate surface area is 111 Å². The Morgan fingerprint density at radius 3 is 2.89 bits per heavy atom. The van der Waals surface area contributed by atoms with Gasteiger partial charge in [0.15, 0.2) is 0 Å². The van der Waals surface area contributed by atoms with E-state index in [0.717, 1.165) is 5.69 Å². The Balaban J connectivity index is 1.74. The van der Waals surface area contributed by atoms with Crippen LogP contribution in [0.5, 0.6) is 0 Å². The molecule has 2 heterocycles. The molecule has 0 bridgehead atoms. The van der Waals surface area contributed by atoms with Crippen LogP contribution in [-0.2, 0) is 0 Å². The number of nitrogens with zero attached hydrogens (tertiary/aromatic N) is 1. The minimum absolute atomic E-state index is 0.628. The molecule has 0 spiro atoms. The van der Waals surface area contributed by atoms with Crippen molar-refractivity contribution in [3.05, 3.63) is 36.5 Å². The van der Waals surface area contributed by atoms with E-state index in [2.05, 4.69) is 51.5 Å². The minimum Gasteiger partial charge on any atom is -0.382 e. The topological polar surface area (TPSA) is 40.7 Å². The van der Waals surface area contributed by atoms with Crippen LogP contribution in [0.2, 0.25) is 0 Å². The van der Waals surface area contributed by atoms with Crippen LogP contribution in [0.1, 0.15) is 12.8 Å². The van der Waals surface area contributed by atoms with E-state index < -0.39 is 0 Å². The van der Waals surface area contributed by atoms with Gasteiger partial charge < -0.3 is 5.32 Å². The van der Waals surface area contributed by atoms with Crippen LogP contribution < -0.4 is 5.32 Å². The van der Waals surface area contributed by atoms with Gasteiger partial charge in [-0.15, -0.1) is 0 Å². The molecule has 1 aromatic heterocycles. The molecule has 1 aliphatic heterocycles. The number of aromatic nitrogens is 2. The van der Waals surface area contributed by atoms with Crippen LogP contribution in [0.25, 0.3) is 11.3 Å². The lowest BCUT2D eigenvalue weighted by molar-refractivity contribution is 0.667. The first-order valence-electron chi connectivity index (χ1n) is 6.36. The Hall–Kier alpha value is -1.42. The lowest BCUT2D eigenvalue weighted by atomic mass is 10.1. The Morgan fingerprint density at radius 1 is 1.22 bits per heavy atom. The fourth-order valence-electron chi connectivity index (χ4n) is 2.27. The van der Waals surface area contributed by atoms with E-state index in [1.165, 1.54) is 35.6 Å². The van der Waals surface area contributed by atoms with Crippen molar-refractivity contribution in [2.45, 2.75) is 18.9 Å². The molecule has 1 saturated heterocycles. The average molecular weight is 259 g/mol. The van der Waals surface area contributed by atoms with Gasteiger partial charge in [-0.05, 0) is 42.5 Å². The summed E-state index contributed by atoms with van der Waals surface area (Å²) >= 11 is 2.06. The lowest BCUT2D eigenvalue weighted by Crippen LogP contribution is -2.24. The maximum atomic E-state index is 4.00. The number of H-pyrrole nitrogens is 1. The number of nitrogens with one attached hydrogen (secondary N) is 2. The van der Waals surface area contributed by atoms with Crippen LogP contribution in [0.3, 0.4) is 0 Å². The molecule has 94 valence electrons. The van der Waals surface area contributed by atoms with Crippen molar-refractivity contribution in [2.24, 2.45) is 0 Å². The predicted octanol–water partition coefficient (Wildman–Crippen LogP) is 3.38. The largest absolute Gasteiger partial charge is 0.382 e. The summed E-state index contributed by atoms with van der Waals surface area (Å²) in [5.74, 6) is 2.55. The lowest BCUT2D eigenvalue weighted by Gasteiger charge is -2.23. The third kappa shape index (κ3) is 2.70. The van der Waals surface area contributed by atoms with E-state index in [4.69, 9.17) is 0 Å². The van der Waals surface area contributed by atoms with Crippen molar-refractivity contribution in [1.82, 2.24) is 10.2 Å². The molecule has 0 unspecified atom stereocenters. The van der Waals surface area contributed by atoms with Gasteiger partial charge in [-0.3, -0.25) is 5.10 Å². The third-order valence-electron chi connectivity index (χ3n) is 3.27. The molecule has 1 aliphatic rings. The van der Waals surface area contributed by atoms with E-state index in [-0.39, 0.29) is 0 Å². The molecule has 4 heteroatoms. The van der Waals surface area contributed by atoms with Gasteiger partial charge in [-0.25, -0.2) is 0 Å². The second kappa shape index (κ2) is 5.48. The quantitative estimate of drug-likeness (QED) is 0.887. The molecule has 0 saturated carbocycles. The van der Waals surface area contributed by atoms with Crippen molar-refractivity contribution >= 4 is 17.4 Å². The number of rotatable bonds is 3. The number of benzene rings is 1. The Bertz CT molecular complexity index is 490. The Morgan fingerprint density at radius 2 is 2.11 bits per heavy atom. The van der Waals surface area contributed by atoms with Gasteiger partial charge in [0.2, 0.25) is 0 Å². The molecule has 1 fully saturated rings. The molecular formula is C14H17N3S. The molecule has 2 N–H and O–H groups in total. The zero-order valence-electron chi connectivity index (χ0n) is 10.2. The van der Waals surface area contributed by atoms with Gasteiger partial charge in [-0.1, -0.05) is 12.1 Å². The van der Waals surface area contributed by atoms with E-state index in [1.807, 2.05) is 6.07 Å². The molecule has 3 nitrogen and oxygen atoms in total. The van der Waals surface area contributed by atoms with Gasteiger partial charge in [0.05, 0.1) is 5.69 Å². The van der Waals surface area contributed by atoms with Gasteiger partial charge >= 0.3 is 0 Å². The molecule has 2 aromatic rings. The van der Waals surface area contributed by atoms with Crippen LogP contribution in [0.15, 0.2) is 36.5 Å². The van der Waals surface area contributed by atoms with E-state index in [9.17, 15) is 0 Å². The summed E-state index contributed by atoms with van der Waals surface area (Å²) in [6.45, 7) is 0. The first kappa shape index (κ1) is 11.7. The standard InChI is InChI=1S/C14H17N3S/c1-2-11(14-4-7-15-17-14)10-13(3-1)16-12-5-8-18-9-6-12/h1-4,7,10,12,16H,5-6,8-9H2,(H,15,17). The summed E-state index contributed by atoms with van der Waals surface area (Å²) in [7, 11) is 0. The van der Waals surface area contributed by atoms with Crippen molar-refractivity contribution in [1.29, 1.82) is 0 Å². The van der Waals surface area contributed by atoms with Gasteiger partial charge in [-0.2, -0.15) is 16.9 Å². The highest BCUT2D eigenvalue weighted by molar-refractivity contribution is 7.99. The molecule has 0 amide bonds. The first-order chi connectivity index (χ1) is 8.92. The highest BCUT2D eigenvalue weighted by Gasteiger charge is 2.13. The number of hydrogen-bond donors (Lipinski definition) is 2. The summed E-state index contributed by atoms with van der Waals surface area (Å²) in [5, 5.41) is 10.6. The zero-order chi connectivity index (χ0) is 12.2. The molecule has 0 radical (unpaired) electrons. The van der Waals surface area contributed by atoms with Crippen LogP contribution in [-0.4, -0.2) is 27.7 Å². The average Bonchev–Trinajstić information content (AvgIpc) is 2.94. The summed E-state index contributed by atoms with van der Waals surface area (Å²) in [5.41, 5.74) is 3.46. The smallest absolute Gasteiger partial charge is 0.0650 e. The molecule has 3 rings (SSSR count). The molecule has 0 atom stereocenters. The highest BCUT2D eigenvalue weighted by atomic mass is 32.2. The van der Waals surface area contributed by atoms with Crippen molar-refractivity contribution in [3.8, 4) is 11.3 Å². The number of anilines is 1. The summed E-state index contributed by atoms with van der Waals surface area (Å²) in [6, 6.07) is 11.2. The molecule has 18 heavy (non-hydrogen) atoms. The van der Waals surface area contributed by atoms with Gasteiger partial charge in [0.1, 0.15) is 0 Å². The van der Waals surface area contributed by atoms with E-state index in [1.54, 1.807) is 6.20 Å². The number of hydrogen-bond acceptors (Lipinski definition) is 3. The van der Waals surface area contributed by atoms with Crippen LogP contribution in [0.4, 0.5) is 5.69 Å². The maximum absolute atomic E-state index is 4.00. The van der Waals surface area contributed by atoms with Crippen molar-refractivity contribution in [2.75, 3.05) is 16.8 Å². The van der Waals surface area contributed by atoms with E-state index in [0.29, 0.717) is 6.04 Å². The normalized spacial score (nSPS) is 16.7. The molecular weight excluding hydrogens is 242 g/mol. The van der Waals surface area contributed by atoms with Crippen molar-refractivity contribution in [3.63, 3.8) is 0 Å². The van der Waals surface area contributed by atoms with Crippen LogP contribution >= 0.6 is 11.8 Å². The van der Waals surface area contributed by atoms with E-state index >= 15 is 0 Å². The van der Waals surface area contributed by atoms with Gasteiger partial charge in [0, 0.05) is 23.5 Å².